The average Bonchev–Trinajstić information content (AvgIpc) is 2.20. The monoisotopic (exact) mass is 242 g/mol. The summed E-state index contributed by atoms with van der Waals surface area (Å²) in [6.07, 6.45) is 3.04. The zero-order valence-electron chi connectivity index (χ0n) is 12.5. The van der Waals surface area contributed by atoms with Crippen LogP contribution in [0.1, 0.15) is 54.4 Å². The van der Waals surface area contributed by atoms with Crippen LogP contribution in [0.2, 0.25) is 18.1 Å². The van der Waals surface area contributed by atoms with E-state index in [1.54, 1.807) is 0 Å². The van der Waals surface area contributed by atoms with Crippen molar-refractivity contribution >= 4 is 8.32 Å². The summed E-state index contributed by atoms with van der Waals surface area (Å²) >= 11 is 0. The first-order valence-electron chi connectivity index (χ1n) is 6.62. The molecular weight excluding hydrogens is 212 g/mol. The second kappa shape index (κ2) is 4.13. The van der Waals surface area contributed by atoms with E-state index in [0.717, 1.165) is 5.92 Å². The fourth-order valence-corrected chi connectivity index (χ4v) is 3.97. The van der Waals surface area contributed by atoms with Crippen LogP contribution in [0.5, 0.6) is 0 Å². The van der Waals surface area contributed by atoms with Gasteiger partial charge in [-0.3, -0.25) is 0 Å². The molecule has 1 saturated carbocycles. The van der Waals surface area contributed by atoms with Crippen molar-refractivity contribution in [3.8, 4) is 0 Å². The predicted octanol–water partition coefficient (Wildman–Crippen LogP) is 4.83. The van der Waals surface area contributed by atoms with Crippen molar-refractivity contribution in [2.75, 3.05) is 0 Å². The lowest BCUT2D eigenvalue weighted by atomic mass is 9.91. The van der Waals surface area contributed by atoms with Crippen LogP contribution in [0.3, 0.4) is 0 Å². The Morgan fingerprint density at radius 2 is 1.62 bits per heavy atom. The summed E-state index contributed by atoms with van der Waals surface area (Å²) in [7, 11) is -1.57. The molecule has 1 fully saturated rings. The van der Waals surface area contributed by atoms with E-state index in [1.807, 2.05) is 0 Å². The largest absolute Gasteiger partial charge is 0.414 e. The van der Waals surface area contributed by atoms with Gasteiger partial charge < -0.3 is 4.43 Å². The third kappa shape index (κ3) is 3.10. The average molecular weight is 242 g/mol. The van der Waals surface area contributed by atoms with E-state index >= 15 is 0 Å². The van der Waals surface area contributed by atoms with Crippen LogP contribution in [0.15, 0.2) is 0 Å². The van der Waals surface area contributed by atoms with E-state index in [9.17, 15) is 0 Å². The Bertz CT molecular complexity index is 250. The van der Waals surface area contributed by atoms with Gasteiger partial charge in [-0.1, -0.05) is 41.5 Å². The Hall–Kier alpha value is 0.177. The summed E-state index contributed by atoms with van der Waals surface area (Å²) < 4.78 is 6.55. The molecule has 1 rings (SSSR count). The van der Waals surface area contributed by atoms with Crippen LogP contribution in [-0.4, -0.2) is 14.4 Å². The summed E-state index contributed by atoms with van der Waals surface area (Å²) in [5, 5.41) is 0.333. The standard InChI is InChI=1S/C14H30OSi/c1-11-9-14(5,6)10-12(11)15-16(7,8)13(2,3)4/h11-12H,9-10H2,1-8H3/t11-,12-/m0/s1. The molecule has 1 aliphatic rings. The minimum absolute atomic E-state index is 0.333. The second-order valence-electron chi connectivity index (χ2n) is 7.97. The Kier molecular flexibility index (Phi) is 3.68. The SMILES string of the molecule is C[C@H]1CC(C)(C)C[C@@H]1O[Si](C)(C)C(C)(C)C. The summed E-state index contributed by atoms with van der Waals surface area (Å²) in [6, 6.07) is 0. The van der Waals surface area contributed by atoms with Crippen molar-refractivity contribution in [2.24, 2.45) is 11.3 Å². The van der Waals surface area contributed by atoms with Crippen LogP contribution in [0, 0.1) is 11.3 Å². The Labute approximate surface area is 103 Å². The molecule has 0 bridgehead atoms. The first kappa shape index (κ1) is 14.2. The number of hydrogen-bond donors (Lipinski definition) is 0. The molecule has 0 aromatic carbocycles. The lowest BCUT2D eigenvalue weighted by Gasteiger charge is -2.39. The van der Waals surface area contributed by atoms with Crippen LogP contribution in [-0.2, 0) is 4.43 Å². The third-order valence-electron chi connectivity index (χ3n) is 4.52. The molecule has 0 saturated heterocycles. The molecule has 1 nitrogen and oxygen atoms in total. The van der Waals surface area contributed by atoms with Crippen molar-refractivity contribution in [3.05, 3.63) is 0 Å². The van der Waals surface area contributed by atoms with Gasteiger partial charge in [0.25, 0.3) is 0 Å². The maximum Gasteiger partial charge on any atom is 0.192 e. The zero-order valence-corrected chi connectivity index (χ0v) is 13.5. The highest BCUT2D eigenvalue weighted by molar-refractivity contribution is 6.74. The van der Waals surface area contributed by atoms with E-state index in [-0.39, 0.29) is 0 Å². The Balaban J connectivity index is 2.69. The van der Waals surface area contributed by atoms with Gasteiger partial charge in [-0.2, -0.15) is 0 Å². The molecule has 0 spiro atoms. The molecule has 0 aromatic heterocycles. The van der Waals surface area contributed by atoms with Gasteiger partial charge >= 0.3 is 0 Å². The molecule has 0 N–H and O–H groups in total. The lowest BCUT2D eigenvalue weighted by molar-refractivity contribution is 0.143. The van der Waals surface area contributed by atoms with E-state index in [2.05, 4.69) is 54.6 Å². The van der Waals surface area contributed by atoms with Crippen LogP contribution >= 0.6 is 0 Å². The van der Waals surface area contributed by atoms with Gasteiger partial charge in [0.05, 0.1) is 0 Å². The summed E-state index contributed by atoms with van der Waals surface area (Å²) in [5.41, 5.74) is 0.479. The highest BCUT2D eigenvalue weighted by Gasteiger charge is 2.44. The van der Waals surface area contributed by atoms with Gasteiger partial charge in [0.2, 0.25) is 0 Å². The third-order valence-corrected chi connectivity index (χ3v) is 9.02. The van der Waals surface area contributed by atoms with Gasteiger partial charge in [-0.25, -0.2) is 0 Å². The van der Waals surface area contributed by atoms with Gasteiger partial charge in [0.1, 0.15) is 0 Å². The molecule has 0 radical (unpaired) electrons. The maximum absolute atomic E-state index is 6.55. The fourth-order valence-electron chi connectivity index (χ4n) is 2.55. The predicted molar refractivity (Wildman–Crippen MR) is 74.2 cm³/mol. The molecule has 0 heterocycles. The highest BCUT2D eigenvalue weighted by atomic mass is 28.4. The van der Waals surface area contributed by atoms with Gasteiger partial charge in [0, 0.05) is 6.10 Å². The molecule has 16 heavy (non-hydrogen) atoms. The fraction of sp³-hybridized carbons (Fsp3) is 1.00. The molecule has 0 amide bonds. The number of hydrogen-bond acceptors (Lipinski definition) is 1. The lowest BCUT2D eigenvalue weighted by Crippen LogP contribution is -2.44. The molecule has 0 aromatic rings. The van der Waals surface area contributed by atoms with Crippen LogP contribution < -0.4 is 0 Å². The maximum atomic E-state index is 6.55. The van der Waals surface area contributed by atoms with Crippen molar-refractivity contribution in [3.63, 3.8) is 0 Å². The highest BCUT2D eigenvalue weighted by Crippen LogP contribution is 2.46. The molecular formula is C14H30OSi. The molecule has 0 unspecified atom stereocenters. The van der Waals surface area contributed by atoms with E-state index in [1.165, 1.54) is 12.8 Å². The van der Waals surface area contributed by atoms with Gasteiger partial charge in [0.15, 0.2) is 8.32 Å². The summed E-state index contributed by atoms with van der Waals surface area (Å²) in [5.74, 6) is 0.726. The van der Waals surface area contributed by atoms with Crippen molar-refractivity contribution in [1.82, 2.24) is 0 Å². The minimum atomic E-state index is -1.57. The van der Waals surface area contributed by atoms with E-state index in [0.29, 0.717) is 16.6 Å². The van der Waals surface area contributed by atoms with Gasteiger partial charge in [-0.05, 0) is 42.3 Å². The van der Waals surface area contributed by atoms with Crippen molar-refractivity contribution in [1.29, 1.82) is 0 Å². The molecule has 1 aliphatic carbocycles. The van der Waals surface area contributed by atoms with E-state index < -0.39 is 8.32 Å². The molecule has 2 atom stereocenters. The van der Waals surface area contributed by atoms with Crippen molar-refractivity contribution < 1.29 is 4.43 Å². The normalized spacial score (nSPS) is 30.8. The second-order valence-corrected chi connectivity index (χ2v) is 12.7. The van der Waals surface area contributed by atoms with Crippen LogP contribution in [0.25, 0.3) is 0 Å². The Morgan fingerprint density at radius 3 is 1.94 bits per heavy atom. The van der Waals surface area contributed by atoms with E-state index in [4.69, 9.17) is 4.43 Å². The smallest absolute Gasteiger partial charge is 0.192 e. The molecule has 96 valence electrons. The first-order chi connectivity index (χ1) is 6.95. The zero-order chi connectivity index (χ0) is 12.8. The molecule has 2 heteroatoms. The summed E-state index contributed by atoms with van der Waals surface area (Å²) in [6.45, 7) is 18.8. The topological polar surface area (TPSA) is 9.23 Å². The Morgan fingerprint density at radius 1 is 1.12 bits per heavy atom. The van der Waals surface area contributed by atoms with Gasteiger partial charge in [-0.15, -0.1) is 0 Å². The quantitative estimate of drug-likeness (QED) is 0.630. The van der Waals surface area contributed by atoms with Crippen molar-refractivity contribution in [2.45, 2.75) is 78.6 Å². The minimum Gasteiger partial charge on any atom is -0.414 e. The molecule has 0 aliphatic heterocycles. The first-order valence-corrected chi connectivity index (χ1v) is 9.53. The summed E-state index contributed by atoms with van der Waals surface area (Å²) in [4.78, 5) is 0. The number of rotatable bonds is 2. The van der Waals surface area contributed by atoms with Crippen LogP contribution in [0.4, 0.5) is 0 Å².